The highest BCUT2D eigenvalue weighted by Crippen LogP contribution is 2.30. The van der Waals surface area contributed by atoms with Gasteiger partial charge < -0.3 is 15.2 Å². The van der Waals surface area contributed by atoms with Crippen molar-refractivity contribution in [3.8, 4) is 22.6 Å². The molecule has 0 fully saturated rings. The van der Waals surface area contributed by atoms with Gasteiger partial charge in [-0.05, 0) is 42.8 Å². The molecule has 27 heavy (non-hydrogen) atoms. The van der Waals surface area contributed by atoms with Crippen LogP contribution >= 0.6 is 0 Å². The first-order chi connectivity index (χ1) is 13.0. The molecule has 0 aliphatic rings. The highest BCUT2D eigenvalue weighted by Gasteiger charge is 2.12. The summed E-state index contributed by atoms with van der Waals surface area (Å²) in [5.41, 5.74) is 7.58. The molecule has 0 bridgehead atoms. The van der Waals surface area contributed by atoms with Crippen LogP contribution in [-0.4, -0.2) is 29.1 Å². The highest BCUT2D eigenvalue weighted by molar-refractivity contribution is 5.92. The predicted octanol–water partition coefficient (Wildman–Crippen LogP) is 3.15. The maximum absolute atomic E-state index is 13.2. The van der Waals surface area contributed by atoms with Gasteiger partial charge in [0.2, 0.25) is 0 Å². The summed E-state index contributed by atoms with van der Waals surface area (Å²) >= 11 is 0. The Balaban J connectivity index is 1.72. The van der Waals surface area contributed by atoms with Crippen LogP contribution in [0.4, 0.5) is 4.39 Å². The molecule has 3 rings (SSSR count). The number of amides is 1. The minimum atomic E-state index is -0.653. The van der Waals surface area contributed by atoms with Gasteiger partial charge in [-0.15, -0.1) is 0 Å². The van der Waals surface area contributed by atoms with Crippen LogP contribution in [-0.2, 0) is 0 Å². The van der Waals surface area contributed by atoms with E-state index in [0.29, 0.717) is 29.2 Å². The zero-order valence-electron chi connectivity index (χ0n) is 14.7. The first-order valence-electron chi connectivity index (χ1n) is 8.27. The summed E-state index contributed by atoms with van der Waals surface area (Å²) in [6, 6.07) is 11.1. The molecule has 0 radical (unpaired) electrons. The summed E-state index contributed by atoms with van der Waals surface area (Å²) in [6.45, 7) is 2.44. The van der Waals surface area contributed by atoms with Crippen molar-refractivity contribution in [2.75, 3.05) is 13.2 Å². The molecule has 2 heterocycles. The number of pyridine rings is 2. The second-order valence-corrected chi connectivity index (χ2v) is 5.77. The normalized spacial score (nSPS) is 10.4. The van der Waals surface area contributed by atoms with Crippen LogP contribution < -0.4 is 15.2 Å². The van der Waals surface area contributed by atoms with Crippen LogP contribution in [0.5, 0.6) is 11.5 Å². The first-order valence-corrected chi connectivity index (χ1v) is 8.27. The van der Waals surface area contributed by atoms with Gasteiger partial charge in [0.1, 0.15) is 36.2 Å². The number of carbonyl (C=O) groups is 1. The number of hydrogen-bond acceptors (Lipinski definition) is 5. The number of hydrogen-bond donors (Lipinski definition) is 1. The van der Waals surface area contributed by atoms with E-state index in [2.05, 4.69) is 9.97 Å². The van der Waals surface area contributed by atoms with E-state index in [1.165, 1.54) is 24.4 Å². The number of halogens is 1. The molecule has 2 aromatic heterocycles. The molecule has 1 amide bonds. The minimum Gasteiger partial charge on any atom is -0.488 e. The minimum absolute atomic E-state index is 0.101. The molecule has 0 atom stereocenters. The number of primary amides is 1. The number of nitrogens with zero attached hydrogens (tertiary/aromatic N) is 2. The van der Waals surface area contributed by atoms with Crippen LogP contribution in [0.2, 0.25) is 0 Å². The molecule has 0 aliphatic carbocycles. The van der Waals surface area contributed by atoms with Crippen molar-refractivity contribution in [1.29, 1.82) is 0 Å². The Labute approximate surface area is 155 Å². The van der Waals surface area contributed by atoms with E-state index in [1.54, 1.807) is 18.3 Å². The molecule has 0 saturated carbocycles. The first kappa shape index (κ1) is 18.3. The molecule has 0 unspecified atom stereocenters. The van der Waals surface area contributed by atoms with Crippen LogP contribution in [0.3, 0.4) is 0 Å². The molecule has 138 valence electrons. The van der Waals surface area contributed by atoms with E-state index in [0.717, 1.165) is 5.69 Å². The summed E-state index contributed by atoms with van der Waals surface area (Å²) in [4.78, 5) is 19.6. The summed E-state index contributed by atoms with van der Waals surface area (Å²) in [7, 11) is 0. The van der Waals surface area contributed by atoms with Gasteiger partial charge in [-0.25, -0.2) is 9.37 Å². The monoisotopic (exact) mass is 367 g/mol. The lowest BCUT2D eigenvalue weighted by atomic mass is 10.0. The fraction of sp³-hybridized carbons (Fsp3) is 0.150. The Kier molecular flexibility index (Phi) is 5.61. The average molecular weight is 367 g/mol. The molecule has 2 N–H and O–H groups in total. The molecular weight excluding hydrogens is 349 g/mol. The van der Waals surface area contributed by atoms with E-state index in [-0.39, 0.29) is 18.1 Å². The van der Waals surface area contributed by atoms with Crippen LogP contribution in [0, 0.1) is 12.7 Å². The molecular formula is C20H18FN3O3. The lowest BCUT2D eigenvalue weighted by Crippen LogP contribution is -2.14. The van der Waals surface area contributed by atoms with E-state index in [9.17, 15) is 9.18 Å². The fourth-order valence-electron chi connectivity index (χ4n) is 2.40. The van der Waals surface area contributed by atoms with Crippen molar-refractivity contribution in [3.63, 3.8) is 0 Å². The molecule has 0 spiro atoms. The van der Waals surface area contributed by atoms with Crippen molar-refractivity contribution >= 4 is 5.91 Å². The Morgan fingerprint density at radius 3 is 2.44 bits per heavy atom. The Bertz CT molecular complexity index is 928. The van der Waals surface area contributed by atoms with E-state index in [4.69, 9.17) is 15.2 Å². The number of rotatable bonds is 7. The van der Waals surface area contributed by atoms with Crippen molar-refractivity contribution in [2.24, 2.45) is 5.73 Å². The Hall–Kier alpha value is -3.48. The molecule has 1 aromatic carbocycles. The number of aromatic nitrogens is 2. The molecule has 6 nitrogen and oxygen atoms in total. The second-order valence-electron chi connectivity index (χ2n) is 5.77. The third-order valence-electron chi connectivity index (χ3n) is 3.77. The van der Waals surface area contributed by atoms with Crippen molar-refractivity contribution in [1.82, 2.24) is 9.97 Å². The largest absolute Gasteiger partial charge is 0.488 e. The summed E-state index contributed by atoms with van der Waals surface area (Å²) < 4.78 is 24.5. The lowest BCUT2D eigenvalue weighted by molar-refractivity contribution is 0.0995. The maximum atomic E-state index is 13.2. The maximum Gasteiger partial charge on any atom is 0.267 e. The predicted molar refractivity (Wildman–Crippen MR) is 98.1 cm³/mol. The summed E-state index contributed by atoms with van der Waals surface area (Å²) in [6.07, 6.45) is 3.06. The van der Waals surface area contributed by atoms with Crippen LogP contribution in [0.1, 0.15) is 16.2 Å². The van der Waals surface area contributed by atoms with E-state index in [1.807, 2.05) is 19.1 Å². The van der Waals surface area contributed by atoms with Crippen molar-refractivity contribution in [2.45, 2.75) is 6.92 Å². The zero-order chi connectivity index (χ0) is 19.2. The third-order valence-corrected chi connectivity index (χ3v) is 3.77. The summed E-state index contributed by atoms with van der Waals surface area (Å²) in [5, 5.41) is 0. The number of aryl methyl sites for hydroxylation is 1. The van der Waals surface area contributed by atoms with Gasteiger partial charge in [-0.1, -0.05) is 12.1 Å². The quantitative estimate of drug-likeness (QED) is 0.648. The SMILES string of the molecule is Cc1ccc(OCCOc2cnc(C(N)=O)cc2-c2ccc(F)cc2)cn1. The van der Waals surface area contributed by atoms with Gasteiger partial charge in [-0.2, -0.15) is 0 Å². The molecule has 0 aliphatic heterocycles. The van der Waals surface area contributed by atoms with Gasteiger partial charge in [0, 0.05) is 11.3 Å². The zero-order valence-corrected chi connectivity index (χ0v) is 14.7. The number of carbonyl (C=O) groups excluding carboxylic acids is 1. The number of ether oxygens (including phenoxy) is 2. The molecule has 7 heteroatoms. The van der Waals surface area contributed by atoms with Crippen LogP contribution in [0.15, 0.2) is 54.9 Å². The Morgan fingerprint density at radius 1 is 1.04 bits per heavy atom. The van der Waals surface area contributed by atoms with Crippen LogP contribution in [0.25, 0.3) is 11.1 Å². The number of benzene rings is 1. The molecule has 0 saturated heterocycles. The fourth-order valence-corrected chi connectivity index (χ4v) is 2.40. The van der Waals surface area contributed by atoms with E-state index < -0.39 is 5.91 Å². The van der Waals surface area contributed by atoms with E-state index >= 15 is 0 Å². The second kappa shape index (κ2) is 8.27. The third kappa shape index (κ3) is 4.78. The van der Waals surface area contributed by atoms with Gasteiger partial charge in [-0.3, -0.25) is 9.78 Å². The average Bonchev–Trinajstić information content (AvgIpc) is 2.67. The standard InChI is InChI=1S/C20H18FN3O3/c1-13-2-7-16(11-23-13)26-8-9-27-19-12-24-18(20(22)25)10-17(19)14-3-5-15(21)6-4-14/h2-7,10-12H,8-9H2,1H3,(H2,22,25). The van der Waals surface area contributed by atoms with Crippen molar-refractivity contribution in [3.05, 3.63) is 72.1 Å². The summed E-state index contributed by atoms with van der Waals surface area (Å²) in [5.74, 6) is 0.0769. The van der Waals surface area contributed by atoms with Gasteiger partial charge in [0.05, 0.1) is 12.4 Å². The highest BCUT2D eigenvalue weighted by atomic mass is 19.1. The molecule has 3 aromatic rings. The van der Waals surface area contributed by atoms with Crippen molar-refractivity contribution < 1.29 is 18.7 Å². The van der Waals surface area contributed by atoms with Gasteiger partial charge >= 0.3 is 0 Å². The topological polar surface area (TPSA) is 87.3 Å². The van der Waals surface area contributed by atoms with Gasteiger partial charge in [0.15, 0.2) is 0 Å². The Morgan fingerprint density at radius 2 is 1.78 bits per heavy atom. The smallest absolute Gasteiger partial charge is 0.267 e. The van der Waals surface area contributed by atoms with Gasteiger partial charge in [0.25, 0.3) is 5.91 Å². The number of nitrogens with two attached hydrogens (primary N) is 1. The lowest BCUT2D eigenvalue weighted by Gasteiger charge is -2.13.